The summed E-state index contributed by atoms with van der Waals surface area (Å²) >= 11 is 0.938. The third-order valence-electron chi connectivity index (χ3n) is 1.73. The highest BCUT2D eigenvalue weighted by molar-refractivity contribution is 7.20. The molecule has 0 aliphatic rings. The minimum absolute atomic E-state index is 0.00866. The quantitative estimate of drug-likeness (QED) is 0.698. The Morgan fingerprint density at radius 2 is 2.23 bits per heavy atom. The number of fused-ring (bicyclic) bond motifs is 1. The zero-order valence-corrected chi connectivity index (χ0v) is 7.23. The summed E-state index contributed by atoms with van der Waals surface area (Å²) in [7, 11) is 0. The van der Waals surface area contributed by atoms with Gasteiger partial charge in [-0.3, -0.25) is 0 Å². The molecule has 64 valence electrons. The Bertz CT molecular complexity index is 512. The van der Waals surface area contributed by atoms with Gasteiger partial charge < -0.3 is 5.11 Å². The average molecular weight is 193 g/mol. The third-order valence-corrected chi connectivity index (χ3v) is 2.68. The van der Waals surface area contributed by atoms with Crippen molar-refractivity contribution in [3.8, 4) is 11.1 Å². The fraction of sp³-hybridized carbons (Fsp3) is 0. The topological polar surface area (TPSA) is 44.0 Å². The summed E-state index contributed by atoms with van der Waals surface area (Å²) in [5.41, 5.74) is 0.00866. The maximum atomic E-state index is 13.4. The number of nitrogens with zero attached hydrogens (tertiary/aromatic N) is 1. The van der Waals surface area contributed by atoms with Crippen LogP contribution in [0.1, 0.15) is 5.56 Å². The lowest BCUT2D eigenvalue weighted by Crippen LogP contribution is -1.81. The Hall–Kier alpha value is -1.60. The second kappa shape index (κ2) is 2.71. The smallest absolute Gasteiger partial charge is 0.172 e. The first kappa shape index (κ1) is 8.02. The van der Waals surface area contributed by atoms with Crippen molar-refractivity contribution in [2.24, 2.45) is 0 Å². The van der Waals surface area contributed by atoms with Gasteiger partial charge in [-0.05, 0) is 17.5 Å². The van der Waals surface area contributed by atoms with Crippen molar-refractivity contribution in [1.82, 2.24) is 0 Å². The molecule has 1 aromatic carbocycles. The van der Waals surface area contributed by atoms with Gasteiger partial charge in [0.15, 0.2) is 10.9 Å². The summed E-state index contributed by atoms with van der Waals surface area (Å²) in [5, 5.41) is 18.3. The monoisotopic (exact) mass is 193 g/mol. The Labute approximate surface area is 77.5 Å². The number of hydrogen-bond donors (Lipinski definition) is 1. The molecule has 1 aromatic heterocycles. The van der Waals surface area contributed by atoms with Crippen LogP contribution in [0.15, 0.2) is 18.2 Å². The van der Waals surface area contributed by atoms with Gasteiger partial charge in [-0.1, -0.05) is 17.4 Å². The van der Waals surface area contributed by atoms with Gasteiger partial charge in [-0.2, -0.15) is 5.26 Å². The van der Waals surface area contributed by atoms with Crippen molar-refractivity contribution < 1.29 is 9.50 Å². The van der Waals surface area contributed by atoms with Crippen LogP contribution >= 0.6 is 11.3 Å². The highest BCUT2D eigenvalue weighted by atomic mass is 32.1. The second-order valence-electron chi connectivity index (χ2n) is 2.54. The van der Waals surface area contributed by atoms with Gasteiger partial charge in [0.05, 0.1) is 10.3 Å². The molecule has 0 bridgehead atoms. The molecule has 0 amide bonds. The molecule has 2 rings (SSSR count). The van der Waals surface area contributed by atoms with E-state index in [1.54, 1.807) is 12.1 Å². The predicted octanol–water partition coefficient (Wildman–Crippen LogP) is 2.62. The number of thiophene rings is 1. The number of hydrogen-bond acceptors (Lipinski definition) is 3. The minimum atomic E-state index is -0.551. The van der Waals surface area contributed by atoms with Gasteiger partial charge in [0.2, 0.25) is 0 Å². The number of rotatable bonds is 0. The van der Waals surface area contributed by atoms with E-state index in [2.05, 4.69) is 0 Å². The molecule has 13 heavy (non-hydrogen) atoms. The van der Waals surface area contributed by atoms with E-state index in [1.165, 1.54) is 12.1 Å². The lowest BCUT2D eigenvalue weighted by atomic mass is 10.2. The molecule has 2 aromatic rings. The van der Waals surface area contributed by atoms with Crippen molar-refractivity contribution in [3.05, 3.63) is 29.6 Å². The standard InChI is InChI=1S/C9H4FNOS/c10-8-6(4-11)2-1-5-3-7(12)13-9(5)8/h1-3,12H. The highest BCUT2D eigenvalue weighted by Crippen LogP contribution is 2.33. The van der Waals surface area contributed by atoms with E-state index in [1.807, 2.05) is 0 Å². The molecule has 0 spiro atoms. The van der Waals surface area contributed by atoms with E-state index in [9.17, 15) is 4.39 Å². The van der Waals surface area contributed by atoms with Crippen molar-refractivity contribution in [3.63, 3.8) is 0 Å². The van der Waals surface area contributed by atoms with E-state index >= 15 is 0 Å². The Kier molecular flexibility index (Phi) is 1.67. The normalized spacial score (nSPS) is 10.2. The molecule has 4 heteroatoms. The van der Waals surface area contributed by atoms with Gasteiger partial charge >= 0.3 is 0 Å². The first-order chi connectivity index (χ1) is 6.22. The fourth-order valence-corrected chi connectivity index (χ4v) is 1.98. The van der Waals surface area contributed by atoms with Crippen LogP contribution < -0.4 is 0 Å². The fourth-order valence-electron chi connectivity index (χ4n) is 1.14. The van der Waals surface area contributed by atoms with E-state index in [-0.39, 0.29) is 10.6 Å². The molecule has 0 fully saturated rings. The van der Waals surface area contributed by atoms with Gasteiger partial charge in [0.1, 0.15) is 6.07 Å². The third kappa shape index (κ3) is 1.14. The van der Waals surface area contributed by atoms with Crippen molar-refractivity contribution in [2.45, 2.75) is 0 Å². The van der Waals surface area contributed by atoms with Crippen LogP contribution in [0, 0.1) is 17.1 Å². The van der Waals surface area contributed by atoms with Crippen LogP contribution in [0.3, 0.4) is 0 Å². The molecule has 0 saturated heterocycles. The summed E-state index contributed by atoms with van der Waals surface area (Å²) in [6, 6.07) is 6.25. The number of halogens is 1. The zero-order chi connectivity index (χ0) is 9.42. The molecule has 1 N–H and O–H groups in total. The minimum Gasteiger partial charge on any atom is -0.499 e. The molecule has 0 radical (unpaired) electrons. The molecular formula is C9H4FNOS. The van der Waals surface area contributed by atoms with Crippen LogP contribution in [0.2, 0.25) is 0 Å². The molecule has 0 aliphatic heterocycles. The van der Waals surface area contributed by atoms with Crippen molar-refractivity contribution in [1.29, 1.82) is 5.26 Å². The molecule has 0 atom stereocenters. The molecule has 0 saturated carbocycles. The molecule has 2 nitrogen and oxygen atoms in total. The summed E-state index contributed by atoms with van der Waals surface area (Å²) < 4.78 is 13.7. The molecular weight excluding hydrogens is 189 g/mol. The van der Waals surface area contributed by atoms with Gasteiger partial charge in [-0.15, -0.1) is 0 Å². The molecule has 0 aliphatic carbocycles. The van der Waals surface area contributed by atoms with E-state index in [4.69, 9.17) is 10.4 Å². The SMILES string of the molecule is N#Cc1ccc2cc(O)sc2c1F. The lowest BCUT2D eigenvalue weighted by Gasteiger charge is -1.92. The number of aromatic hydroxyl groups is 1. The van der Waals surface area contributed by atoms with Gasteiger partial charge in [0, 0.05) is 0 Å². The summed E-state index contributed by atoms with van der Waals surface area (Å²) in [6.07, 6.45) is 0. The summed E-state index contributed by atoms with van der Waals surface area (Å²) in [4.78, 5) is 0. The van der Waals surface area contributed by atoms with Crippen LogP contribution in [-0.4, -0.2) is 5.11 Å². The van der Waals surface area contributed by atoms with Crippen LogP contribution in [0.4, 0.5) is 4.39 Å². The number of benzene rings is 1. The number of nitriles is 1. The largest absolute Gasteiger partial charge is 0.499 e. The maximum absolute atomic E-state index is 13.4. The Morgan fingerprint density at radius 3 is 2.92 bits per heavy atom. The summed E-state index contributed by atoms with van der Waals surface area (Å²) in [6.45, 7) is 0. The van der Waals surface area contributed by atoms with Crippen LogP contribution in [0.25, 0.3) is 10.1 Å². The Balaban J connectivity index is 2.87. The highest BCUT2D eigenvalue weighted by Gasteiger charge is 2.09. The van der Waals surface area contributed by atoms with E-state index in [0.29, 0.717) is 10.1 Å². The molecule has 0 unspecified atom stereocenters. The lowest BCUT2D eigenvalue weighted by molar-refractivity contribution is 0.491. The second-order valence-corrected chi connectivity index (χ2v) is 3.57. The predicted molar refractivity (Wildman–Crippen MR) is 48.2 cm³/mol. The average Bonchev–Trinajstić information content (AvgIpc) is 2.47. The van der Waals surface area contributed by atoms with Crippen LogP contribution in [-0.2, 0) is 0 Å². The molecule has 1 heterocycles. The van der Waals surface area contributed by atoms with Crippen molar-refractivity contribution in [2.75, 3.05) is 0 Å². The first-order valence-electron chi connectivity index (χ1n) is 3.53. The first-order valence-corrected chi connectivity index (χ1v) is 4.35. The van der Waals surface area contributed by atoms with E-state index in [0.717, 1.165) is 11.3 Å². The maximum Gasteiger partial charge on any atom is 0.172 e. The summed E-state index contributed by atoms with van der Waals surface area (Å²) in [5.74, 6) is -0.551. The Morgan fingerprint density at radius 1 is 1.46 bits per heavy atom. The van der Waals surface area contributed by atoms with E-state index < -0.39 is 5.82 Å². The zero-order valence-electron chi connectivity index (χ0n) is 6.41. The van der Waals surface area contributed by atoms with Crippen LogP contribution in [0.5, 0.6) is 5.06 Å². The van der Waals surface area contributed by atoms with Gasteiger partial charge in [0.25, 0.3) is 0 Å². The van der Waals surface area contributed by atoms with Gasteiger partial charge in [-0.25, -0.2) is 4.39 Å². The van der Waals surface area contributed by atoms with Crippen molar-refractivity contribution >= 4 is 21.4 Å².